The number of aromatic amines is 1. The summed E-state index contributed by atoms with van der Waals surface area (Å²) < 4.78 is 11.5. The van der Waals surface area contributed by atoms with Crippen LogP contribution in [0.5, 0.6) is 0 Å². The fraction of sp³-hybridized carbons (Fsp3) is 0.500. The van der Waals surface area contributed by atoms with Crippen LogP contribution in [0.3, 0.4) is 0 Å². The van der Waals surface area contributed by atoms with Gasteiger partial charge < -0.3 is 4.98 Å². The van der Waals surface area contributed by atoms with E-state index in [2.05, 4.69) is 15.3 Å². The zero-order valence-electron chi connectivity index (χ0n) is 6.01. The van der Waals surface area contributed by atoms with Crippen LogP contribution >= 0.6 is 12.4 Å². The molecule has 0 saturated carbocycles. The molecule has 0 bridgehead atoms. The summed E-state index contributed by atoms with van der Waals surface area (Å²) in [5.41, 5.74) is 1.03. The molecule has 0 fully saturated rings. The number of rotatable bonds is 4. The van der Waals surface area contributed by atoms with Gasteiger partial charge in [0, 0.05) is 24.9 Å². The molecule has 0 amide bonds. The first-order valence-corrected chi connectivity index (χ1v) is 3.17. The number of imidazole rings is 1. The Hall–Kier alpha value is -0.610. The van der Waals surface area contributed by atoms with Crippen LogP contribution in [-0.2, 0) is 6.42 Å². The quantitative estimate of drug-likeness (QED) is 0.533. The van der Waals surface area contributed by atoms with Gasteiger partial charge in [-0.1, -0.05) is 0 Å². The topological polar surface area (TPSA) is 40.7 Å². The molecule has 5 heteroatoms. The maximum absolute atomic E-state index is 11.5. The lowest BCUT2D eigenvalue weighted by molar-refractivity contribution is 0.427. The molecule has 0 aliphatic carbocycles. The first-order valence-electron chi connectivity index (χ1n) is 3.17. The van der Waals surface area contributed by atoms with Gasteiger partial charge in [-0.05, 0) is 0 Å². The average Bonchev–Trinajstić information content (AvgIpc) is 2.41. The van der Waals surface area contributed by atoms with E-state index in [1.54, 1.807) is 12.5 Å². The SMILES string of the molecule is Cl.FCNCCc1cnc[nH]1. The molecule has 3 nitrogen and oxygen atoms in total. The van der Waals surface area contributed by atoms with E-state index in [4.69, 9.17) is 0 Å². The number of nitrogens with zero attached hydrogens (tertiary/aromatic N) is 1. The summed E-state index contributed by atoms with van der Waals surface area (Å²) in [5, 5.41) is 2.57. The standard InChI is InChI=1S/C6H10FN3.ClH/c7-4-8-2-1-6-3-9-5-10-6;/h3,5,8H,1-2,4H2,(H,9,10);1H. The molecule has 1 heterocycles. The van der Waals surface area contributed by atoms with Crippen molar-refractivity contribution < 1.29 is 4.39 Å². The van der Waals surface area contributed by atoms with Crippen molar-refractivity contribution in [3.63, 3.8) is 0 Å². The van der Waals surface area contributed by atoms with E-state index < -0.39 is 6.80 Å². The Morgan fingerprint density at radius 2 is 2.45 bits per heavy atom. The van der Waals surface area contributed by atoms with Gasteiger partial charge in [-0.2, -0.15) is 0 Å². The summed E-state index contributed by atoms with van der Waals surface area (Å²) in [6.45, 7) is 0.187. The van der Waals surface area contributed by atoms with Crippen LogP contribution in [0.4, 0.5) is 4.39 Å². The molecule has 0 atom stereocenters. The largest absolute Gasteiger partial charge is 0.348 e. The van der Waals surface area contributed by atoms with Gasteiger partial charge >= 0.3 is 0 Å². The molecule has 0 spiro atoms. The number of aromatic nitrogens is 2. The molecule has 1 aromatic heterocycles. The zero-order valence-corrected chi connectivity index (χ0v) is 6.83. The van der Waals surface area contributed by atoms with E-state index in [9.17, 15) is 4.39 Å². The second-order valence-corrected chi connectivity index (χ2v) is 1.96. The van der Waals surface area contributed by atoms with Gasteiger partial charge in [0.25, 0.3) is 0 Å². The Labute approximate surface area is 70.8 Å². The van der Waals surface area contributed by atoms with Crippen molar-refractivity contribution in [1.82, 2.24) is 15.3 Å². The maximum atomic E-state index is 11.5. The van der Waals surface area contributed by atoms with Crippen molar-refractivity contribution in [3.8, 4) is 0 Å². The fourth-order valence-corrected chi connectivity index (χ4v) is 0.711. The highest BCUT2D eigenvalue weighted by atomic mass is 35.5. The van der Waals surface area contributed by atoms with Crippen LogP contribution in [0.2, 0.25) is 0 Å². The highest BCUT2D eigenvalue weighted by Gasteiger charge is 1.90. The molecule has 0 radical (unpaired) electrons. The predicted molar refractivity (Wildman–Crippen MR) is 43.5 cm³/mol. The minimum absolute atomic E-state index is 0. The summed E-state index contributed by atoms with van der Waals surface area (Å²) >= 11 is 0. The average molecular weight is 180 g/mol. The molecule has 64 valence electrons. The summed E-state index contributed by atoms with van der Waals surface area (Å²) in [7, 11) is 0. The molecule has 1 rings (SSSR count). The number of alkyl halides is 1. The third kappa shape index (κ3) is 3.95. The molecular formula is C6H11ClFN3. The van der Waals surface area contributed by atoms with Gasteiger partial charge in [-0.15, -0.1) is 12.4 Å². The van der Waals surface area contributed by atoms with Crippen LogP contribution in [0.25, 0.3) is 0 Å². The Morgan fingerprint density at radius 3 is 3.00 bits per heavy atom. The van der Waals surface area contributed by atoms with Crippen LogP contribution in [0.15, 0.2) is 12.5 Å². The normalized spacial score (nSPS) is 9.18. The Balaban J connectivity index is 0.000001000. The monoisotopic (exact) mass is 179 g/mol. The molecule has 0 aliphatic rings. The Bertz CT molecular complexity index is 166. The van der Waals surface area contributed by atoms with Crippen LogP contribution in [-0.4, -0.2) is 23.3 Å². The second kappa shape index (κ2) is 6.12. The van der Waals surface area contributed by atoms with E-state index in [0.717, 1.165) is 12.1 Å². The summed E-state index contributed by atoms with van der Waals surface area (Å²) in [6, 6.07) is 0. The highest BCUT2D eigenvalue weighted by Crippen LogP contribution is 1.89. The van der Waals surface area contributed by atoms with Crippen molar-refractivity contribution in [2.45, 2.75) is 6.42 Å². The van der Waals surface area contributed by atoms with Crippen LogP contribution in [0.1, 0.15) is 5.69 Å². The second-order valence-electron chi connectivity index (χ2n) is 1.96. The number of H-pyrrole nitrogens is 1. The molecule has 0 saturated heterocycles. The minimum Gasteiger partial charge on any atom is -0.348 e. The molecule has 0 aromatic carbocycles. The van der Waals surface area contributed by atoms with Crippen molar-refractivity contribution in [3.05, 3.63) is 18.2 Å². The number of halogens is 2. The summed E-state index contributed by atoms with van der Waals surface area (Å²) in [4.78, 5) is 6.75. The van der Waals surface area contributed by atoms with E-state index in [0.29, 0.717) is 6.54 Å². The molecule has 0 unspecified atom stereocenters. The smallest absolute Gasteiger partial charge is 0.140 e. The van der Waals surface area contributed by atoms with Crippen molar-refractivity contribution in [2.24, 2.45) is 0 Å². The number of nitrogens with one attached hydrogen (secondary N) is 2. The lowest BCUT2D eigenvalue weighted by Gasteiger charge is -1.95. The molecule has 2 N–H and O–H groups in total. The summed E-state index contributed by atoms with van der Waals surface area (Å²) in [6.07, 6.45) is 4.15. The highest BCUT2D eigenvalue weighted by molar-refractivity contribution is 5.85. The summed E-state index contributed by atoms with van der Waals surface area (Å²) in [5.74, 6) is 0. The van der Waals surface area contributed by atoms with Gasteiger partial charge in [0.2, 0.25) is 0 Å². The van der Waals surface area contributed by atoms with Crippen LogP contribution in [0, 0.1) is 0 Å². The molecule has 11 heavy (non-hydrogen) atoms. The van der Waals surface area contributed by atoms with Gasteiger partial charge in [0.15, 0.2) is 0 Å². The lowest BCUT2D eigenvalue weighted by Crippen LogP contribution is -2.15. The third-order valence-corrected chi connectivity index (χ3v) is 1.22. The first-order chi connectivity index (χ1) is 4.93. The number of hydrogen-bond acceptors (Lipinski definition) is 2. The van der Waals surface area contributed by atoms with Crippen molar-refractivity contribution >= 4 is 12.4 Å². The van der Waals surface area contributed by atoms with Gasteiger partial charge in [-0.25, -0.2) is 9.37 Å². The molecular weight excluding hydrogens is 169 g/mol. The zero-order chi connectivity index (χ0) is 7.23. The van der Waals surface area contributed by atoms with Crippen molar-refractivity contribution in [2.75, 3.05) is 13.3 Å². The maximum Gasteiger partial charge on any atom is 0.140 e. The van der Waals surface area contributed by atoms with E-state index in [1.807, 2.05) is 0 Å². The van der Waals surface area contributed by atoms with Gasteiger partial charge in [0.1, 0.15) is 6.80 Å². The van der Waals surface area contributed by atoms with Gasteiger partial charge in [-0.3, -0.25) is 5.32 Å². The van der Waals surface area contributed by atoms with E-state index >= 15 is 0 Å². The van der Waals surface area contributed by atoms with Crippen LogP contribution < -0.4 is 5.32 Å². The van der Waals surface area contributed by atoms with Crippen molar-refractivity contribution in [1.29, 1.82) is 0 Å². The minimum atomic E-state index is -0.464. The van der Waals surface area contributed by atoms with E-state index in [1.165, 1.54) is 0 Å². The third-order valence-electron chi connectivity index (χ3n) is 1.22. The number of hydrogen-bond donors (Lipinski definition) is 2. The van der Waals surface area contributed by atoms with Gasteiger partial charge in [0.05, 0.1) is 6.33 Å². The predicted octanol–water partition coefficient (Wildman–Crippen LogP) is 0.891. The fourth-order valence-electron chi connectivity index (χ4n) is 0.711. The lowest BCUT2D eigenvalue weighted by atomic mass is 10.3. The Morgan fingerprint density at radius 1 is 1.64 bits per heavy atom. The Kier molecular flexibility index (Phi) is 5.78. The van der Waals surface area contributed by atoms with E-state index in [-0.39, 0.29) is 12.4 Å². The molecule has 0 aliphatic heterocycles. The molecule has 1 aromatic rings. The first kappa shape index (κ1) is 10.4.